The number of hydrogen-bond donors (Lipinski definition) is 0. The molecule has 4 rings (SSSR count). The first-order valence-corrected chi connectivity index (χ1v) is 11.4. The fourth-order valence-corrected chi connectivity index (χ4v) is 4.15. The van der Waals surface area contributed by atoms with Crippen LogP contribution in [0.2, 0.25) is 0 Å². The third kappa shape index (κ3) is 5.08. The van der Waals surface area contributed by atoms with E-state index in [1.54, 1.807) is 4.90 Å². The maximum atomic E-state index is 12.9. The number of rotatable bonds is 5. The summed E-state index contributed by atoms with van der Waals surface area (Å²) in [6.45, 7) is 8.13. The first-order chi connectivity index (χ1) is 15.9. The van der Waals surface area contributed by atoms with Crippen LogP contribution >= 0.6 is 0 Å². The molecule has 1 aliphatic heterocycles. The molecule has 5 heteroatoms. The van der Waals surface area contributed by atoms with Gasteiger partial charge in [0.1, 0.15) is 5.75 Å². The van der Waals surface area contributed by atoms with Gasteiger partial charge in [-0.25, -0.2) is 0 Å². The summed E-state index contributed by atoms with van der Waals surface area (Å²) < 4.78 is 5.88. The minimum atomic E-state index is -0.0466. The number of piperazine rings is 1. The van der Waals surface area contributed by atoms with Gasteiger partial charge < -0.3 is 14.5 Å². The Morgan fingerprint density at radius 1 is 0.727 bits per heavy atom. The van der Waals surface area contributed by atoms with Gasteiger partial charge in [-0.15, -0.1) is 0 Å². The maximum Gasteiger partial charge on any atom is 0.260 e. The van der Waals surface area contributed by atoms with E-state index in [1.807, 2.05) is 74.2 Å². The van der Waals surface area contributed by atoms with E-state index in [9.17, 15) is 9.59 Å². The molecule has 1 saturated heterocycles. The highest BCUT2D eigenvalue weighted by atomic mass is 16.5. The van der Waals surface area contributed by atoms with Crippen molar-refractivity contribution in [2.45, 2.75) is 20.8 Å². The number of benzene rings is 3. The lowest BCUT2D eigenvalue weighted by Gasteiger charge is -2.34. The van der Waals surface area contributed by atoms with Crippen molar-refractivity contribution in [2.75, 3.05) is 32.8 Å². The van der Waals surface area contributed by atoms with Gasteiger partial charge in [-0.1, -0.05) is 54.6 Å². The van der Waals surface area contributed by atoms with Gasteiger partial charge in [0.2, 0.25) is 0 Å². The normalized spacial score (nSPS) is 13.7. The zero-order valence-electron chi connectivity index (χ0n) is 19.5. The molecular formula is C28H30N2O3. The highest BCUT2D eigenvalue weighted by Crippen LogP contribution is 2.26. The molecule has 0 radical (unpaired) electrons. The van der Waals surface area contributed by atoms with Crippen molar-refractivity contribution in [1.82, 2.24) is 9.80 Å². The molecule has 0 atom stereocenters. The predicted octanol–water partition coefficient (Wildman–Crippen LogP) is 4.64. The van der Waals surface area contributed by atoms with Crippen molar-refractivity contribution in [3.05, 3.63) is 89.0 Å². The SMILES string of the molecule is Cc1ccc(C)c(OCC(=O)N2CCN(C(=O)c3ccc(-c4ccccc4)cc3)CC2)c1C. The molecule has 2 amide bonds. The van der Waals surface area contributed by atoms with E-state index in [0.29, 0.717) is 31.7 Å². The Balaban J connectivity index is 1.31. The second-order valence-corrected chi connectivity index (χ2v) is 8.56. The molecule has 0 unspecified atom stereocenters. The van der Waals surface area contributed by atoms with E-state index in [4.69, 9.17) is 4.74 Å². The van der Waals surface area contributed by atoms with Crippen LogP contribution in [0.1, 0.15) is 27.0 Å². The van der Waals surface area contributed by atoms with Crippen LogP contribution in [-0.2, 0) is 4.79 Å². The maximum absolute atomic E-state index is 12.9. The Kier molecular flexibility index (Phi) is 6.78. The van der Waals surface area contributed by atoms with Gasteiger partial charge >= 0.3 is 0 Å². The van der Waals surface area contributed by atoms with Crippen LogP contribution in [0.15, 0.2) is 66.7 Å². The first-order valence-electron chi connectivity index (χ1n) is 11.4. The molecule has 0 aliphatic carbocycles. The molecular weight excluding hydrogens is 412 g/mol. The van der Waals surface area contributed by atoms with E-state index < -0.39 is 0 Å². The van der Waals surface area contributed by atoms with Crippen molar-refractivity contribution < 1.29 is 14.3 Å². The van der Waals surface area contributed by atoms with Gasteiger partial charge in [-0.3, -0.25) is 9.59 Å². The van der Waals surface area contributed by atoms with Gasteiger partial charge in [0.25, 0.3) is 11.8 Å². The van der Waals surface area contributed by atoms with Crippen molar-refractivity contribution in [2.24, 2.45) is 0 Å². The van der Waals surface area contributed by atoms with Crippen molar-refractivity contribution >= 4 is 11.8 Å². The van der Waals surface area contributed by atoms with Gasteiger partial charge in [0.05, 0.1) is 0 Å². The van der Waals surface area contributed by atoms with Crippen LogP contribution in [-0.4, -0.2) is 54.4 Å². The molecule has 170 valence electrons. The quantitative estimate of drug-likeness (QED) is 0.578. The molecule has 0 N–H and O–H groups in total. The zero-order chi connectivity index (χ0) is 23.4. The Morgan fingerprint density at radius 3 is 1.97 bits per heavy atom. The average molecular weight is 443 g/mol. The number of aryl methyl sites for hydroxylation is 2. The van der Waals surface area contributed by atoms with Crippen molar-refractivity contribution in [3.8, 4) is 16.9 Å². The summed E-state index contributed by atoms with van der Waals surface area (Å²) >= 11 is 0. The largest absolute Gasteiger partial charge is 0.483 e. The molecule has 0 saturated carbocycles. The van der Waals surface area contributed by atoms with Gasteiger partial charge in [0, 0.05) is 31.7 Å². The third-order valence-corrected chi connectivity index (χ3v) is 6.37. The fourth-order valence-electron chi connectivity index (χ4n) is 4.15. The number of ether oxygens (including phenoxy) is 1. The van der Waals surface area contributed by atoms with Crippen LogP contribution in [0.4, 0.5) is 0 Å². The zero-order valence-corrected chi connectivity index (χ0v) is 19.5. The number of carbonyl (C=O) groups is 2. The third-order valence-electron chi connectivity index (χ3n) is 6.37. The van der Waals surface area contributed by atoms with Crippen LogP contribution in [0.5, 0.6) is 5.75 Å². The lowest BCUT2D eigenvalue weighted by Crippen LogP contribution is -2.51. The van der Waals surface area contributed by atoms with E-state index >= 15 is 0 Å². The number of hydrogen-bond acceptors (Lipinski definition) is 3. The summed E-state index contributed by atoms with van der Waals surface area (Å²) in [4.78, 5) is 29.2. The highest BCUT2D eigenvalue weighted by Gasteiger charge is 2.25. The van der Waals surface area contributed by atoms with E-state index in [0.717, 1.165) is 33.6 Å². The van der Waals surface area contributed by atoms with E-state index in [-0.39, 0.29) is 18.4 Å². The molecule has 0 aromatic heterocycles. The molecule has 33 heavy (non-hydrogen) atoms. The Morgan fingerprint density at radius 2 is 1.30 bits per heavy atom. The lowest BCUT2D eigenvalue weighted by atomic mass is 10.0. The second-order valence-electron chi connectivity index (χ2n) is 8.56. The summed E-state index contributed by atoms with van der Waals surface area (Å²) in [6.07, 6.45) is 0. The van der Waals surface area contributed by atoms with Crippen molar-refractivity contribution in [3.63, 3.8) is 0 Å². The minimum Gasteiger partial charge on any atom is -0.483 e. The second kappa shape index (κ2) is 9.90. The topological polar surface area (TPSA) is 49.9 Å². The van der Waals surface area contributed by atoms with Crippen LogP contribution in [0.25, 0.3) is 11.1 Å². The molecule has 1 heterocycles. The highest BCUT2D eigenvalue weighted by molar-refractivity contribution is 5.95. The first kappa shape index (κ1) is 22.6. The molecule has 1 fully saturated rings. The van der Waals surface area contributed by atoms with Gasteiger partial charge in [-0.2, -0.15) is 0 Å². The monoisotopic (exact) mass is 442 g/mol. The standard InChI is InChI=1S/C28H30N2O3/c1-20-9-10-21(2)27(22(20)3)33-19-26(31)29-15-17-30(18-16-29)28(32)25-13-11-24(12-14-25)23-7-5-4-6-8-23/h4-14H,15-19H2,1-3H3. The summed E-state index contributed by atoms with van der Waals surface area (Å²) in [6, 6.07) is 21.9. The number of amides is 2. The Bertz CT molecular complexity index is 1130. The summed E-state index contributed by atoms with van der Waals surface area (Å²) in [5.41, 5.74) is 6.12. The predicted molar refractivity (Wildman–Crippen MR) is 131 cm³/mol. The van der Waals surface area contributed by atoms with Crippen LogP contribution in [0.3, 0.4) is 0 Å². The average Bonchev–Trinajstić information content (AvgIpc) is 2.86. The molecule has 0 spiro atoms. The summed E-state index contributed by atoms with van der Waals surface area (Å²) in [7, 11) is 0. The van der Waals surface area contributed by atoms with Crippen LogP contribution in [0, 0.1) is 20.8 Å². The summed E-state index contributed by atoms with van der Waals surface area (Å²) in [5, 5.41) is 0. The lowest BCUT2D eigenvalue weighted by molar-refractivity contribution is -0.134. The van der Waals surface area contributed by atoms with Gasteiger partial charge in [-0.05, 0) is 60.7 Å². The molecule has 5 nitrogen and oxygen atoms in total. The Labute approximate surface area is 195 Å². The molecule has 3 aromatic rings. The van der Waals surface area contributed by atoms with Gasteiger partial charge in [0.15, 0.2) is 6.61 Å². The number of nitrogens with zero attached hydrogens (tertiary/aromatic N) is 2. The molecule has 1 aliphatic rings. The van der Waals surface area contributed by atoms with E-state index in [2.05, 4.69) is 18.2 Å². The minimum absolute atomic E-state index is 0.00368. The summed E-state index contributed by atoms with van der Waals surface area (Å²) in [5.74, 6) is 0.745. The fraction of sp³-hybridized carbons (Fsp3) is 0.286. The van der Waals surface area contributed by atoms with E-state index in [1.165, 1.54) is 0 Å². The molecule has 0 bridgehead atoms. The van der Waals surface area contributed by atoms with Crippen molar-refractivity contribution in [1.29, 1.82) is 0 Å². The molecule has 3 aromatic carbocycles. The Hall–Kier alpha value is -3.60. The van der Waals surface area contributed by atoms with Crippen LogP contribution < -0.4 is 4.74 Å². The number of carbonyl (C=O) groups excluding carboxylic acids is 2. The smallest absolute Gasteiger partial charge is 0.260 e.